The van der Waals surface area contributed by atoms with Crippen LogP contribution >= 0.6 is 11.6 Å². The molecule has 1 saturated heterocycles. The molecule has 0 bridgehead atoms. The quantitative estimate of drug-likeness (QED) is 0.855. The second-order valence-electron chi connectivity index (χ2n) is 5.26. The Morgan fingerprint density at radius 2 is 2.15 bits per heavy atom. The number of aryl methyl sites for hydroxylation is 2. The van der Waals surface area contributed by atoms with Crippen molar-refractivity contribution < 1.29 is 13.2 Å². The summed E-state index contributed by atoms with van der Waals surface area (Å²) >= 11 is 5.95. The Morgan fingerprint density at radius 1 is 1.40 bits per heavy atom. The molecule has 1 N–H and O–H groups in total. The topological polar surface area (TPSA) is 63.2 Å². The molecule has 0 aliphatic carbocycles. The van der Waals surface area contributed by atoms with Crippen molar-refractivity contribution in [2.75, 3.05) is 11.5 Å². The lowest BCUT2D eigenvalue weighted by Gasteiger charge is -2.14. The maximum absolute atomic E-state index is 11.8. The molecular formula is C14H18ClNO3S. The summed E-state index contributed by atoms with van der Waals surface area (Å²) in [6.45, 7) is 2.01. The van der Waals surface area contributed by atoms with Crippen molar-refractivity contribution in [2.24, 2.45) is 0 Å². The van der Waals surface area contributed by atoms with Gasteiger partial charge in [0.05, 0.1) is 22.9 Å². The number of hydrogen-bond acceptors (Lipinski definition) is 3. The summed E-state index contributed by atoms with van der Waals surface area (Å²) in [5, 5.41) is 2.19. The van der Waals surface area contributed by atoms with Gasteiger partial charge in [-0.3, -0.25) is 4.79 Å². The van der Waals surface area contributed by atoms with E-state index in [1.165, 1.54) is 0 Å². The monoisotopic (exact) mass is 315 g/mol. The van der Waals surface area contributed by atoms with Crippen LogP contribution in [-0.4, -0.2) is 37.2 Å². The first-order valence-corrected chi connectivity index (χ1v) is 8.81. The van der Waals surface area contributed by atoms with Crippen molar-refractivity contribution >= 4 is 27.3 Å². The zero-order valence-corrected chi connectivity index (χ0v) is 12.9. The Hall–Kier alpha value is -1.07. The third-order valence-electron chi connectivity index (χ3n) is 3.35. The van der Waals surface area contributed by atoms with Gasteiger partial charge in [0.15, 0.2) is 9.84 Å². The maximum atomic E-state index is 11.8. The number of halogens is 1. The van der Waals surface area contributed by atoms with Gasteiger partial charge < -0.3 is 5.32 Å². The molecular weight excluding hydrogens is 298 g/mol. The molecule has 2 unspecified atom stereocenters. The van der Waals surface area contributed by atoms with Gasteiger partial charge in [-0.1, -0.05) is 29.8 Å². The van der Waals surface area contributed by atoms with Crippen LogP contribution in [0.15, 0.2) is 24.3 Å². The van der Waals surface area contributed by atoms with E-state index < -0.39 is 21.3 Å². The van der Waals surface area contributed by atoms with Gasteiger partial charge in [-0.15, -0.1) is 11.6 Å². The fourth-order valence-electron chi connectivity index (χ4n) is 2.34. The van der Waals surface area contributed by atoms with E-state index in [1.54, 1.807) is 0 Å². The molecule has 1 fully saturated rings. The number of rotatable bonds is 4. The minimum Gasteiger partial charge on any atom is -0.351 e. The molecule has 1 aromatic rings. The van der Waals surface area contributed by atoms with Crippen molar-refractivity contribution in [3.05, 3.63) is 35.4 Å². The molecule has 0 spiro atoms. The molecule has 6 heteroatoms. The minimum atomic E-state index is -3.11. The number of sulfone groups is 1. The summed E-state index contributed by atoms with van der Waals surface area (Å²) < 4.78 is 22.8. The van der Waals surface area contributed by atoms with Crippen molar-refractivity contribution in [1.29, 1.82) is 0 Å². The maximum Gasteiger partial charge on any atom is 0.220 e. The zero-order valence-electron chi connectivity index (χ0n) is 11.3. The highest BCUT2D eigenvalue weighted by Gasteiger charge is 2.37. The van der Waals surface area contributed by atoms with Crippen molar-refractivity contribution in [1.82, 2.24) is 5.32 Å². The van der Waals surface area contributed by atoms with Crippen LogP contribution in [-0.2, 0) is 21.1 Å². The molecule has 2 rings (SSSR count). The Kier molecular flexibility index (Phi) is 4.70. The summed E-state index contributed by atoms with van der Waals surface area (Å²) in [7, 11) is -3.11. The second-order valence-corrected chi connectivity index (χ2v) is 7.97. The number of hydrogen-bond donors (Lipinski definition) is 1. The Morgan fingerprint density at radius 3 is 2.75 bits per heavy atom. The second kappa shape index (κ2) is 6.14. The van der Waals surface area contributed by atoms with E-state index in [0.29, 0.717) is 12.8 Å². The van der Waals surface area contributed by atoms with E-state index in [9.17, 15) is 13.2 Å². The highest BCUT2D eigenvalue weighted by atomic mass is 35.5. The number of carbonyl (C=O) groups excluding carboxylic acids is 1. The highest BCUT2D eigenvalue weighted by Crippen LogP contribution is 2.18. The molecule has 110 valence electrons. The smallest absolute Gasteiger partial charge is 0.220 e. The fraction of sp³-hybridized carbons (Fsp3) is 0.500. The fourth-order valence-corrected chi connectivity index (χ4v) is 4.89. The Bertz CT molecular complexity index is 600. The number of alkyl halides is 1. The van der Waals surface area contributed by atoms with Crippen molar-refractivity contribution in [2.45, 2.75) is 31.2 Å². The number of carbonyl (C=O) groups is 1. The van der Waals surface area contributed by atoms with Crippen LogP contribution in [0.2, 0.25) is 0 Å². The molecule has 1 aliphatic heterocycles. The van der Waals surface area contributed by atoms with E-state index >= 15 is 0 Å². The van der Waals surface area contributed by atoms with E-state index in [0.717, 1.165) is 11.1 Å². The van der Waals surface area contributed by atoms with Crippen LogP contribution in [0.1, 0.15) is 17.5 Å². The molecule has 0 radical (unpaired) electrons. The Balaban J connectivity index is 1.84. The molecule has 1 aromatic carbocycles. The number of benzene rings is 1. The Labute approximate surface area is 124 Å². The van der Waals surface area contributed by atoms with Crippen LogP contribution in [0.4, 0.5) is 0 Å². The first kappa shape index (κ1) is 15.3. The molecule has 0 saturated carbocycles. The van der Waals surface area contributed by atoms with E-state index in [4.69, 9.17) is 11.6 Å². The standard InChI is InChI=1S/C14H18ClNO3S/c1-10-3-2-4-11(7-10)5-6-14(17)16-13-9-20(18,19)8-12(13)15/h2-4,7,12-13H,5-6,8-9H2,1H3,(H,16,17). The lowest BCUT2D eigenvalue weighted by atomic mass is 10.1. The van der Waals surface area contributed by atoms with Gasteiger partial charge in [0.25, 0.3) is 0 Å². The molecule has 2 atom stereocenters. The summed E-state index contributed by atoms with van der Waals surface area (Å²) in [4.78, 5) is 11.8. The summed E-state index contributed by atoms with van der Waals surface area (Å²) in [5.74, 6) is -0.270. The summed E-state index contributed by atoms with van der Waals surface area (Å²) in [6.07, 6.45) is 0.976. The number of amides is 1. The summed E-state index contributed by atoms with van der Waals surface area (Å²) in [5.41, 5.74) is 2.26. The van der Waals surface area contributed by atoms with Gasteiger partial charge in [-0.05, 0) is 18.9 Å². The lowest BCUT2D eigenvalue weighted by molar-refractivity contribution is -0.121. The van der Waals surface area contributed by atoms with Gasteiger partial charge in [0.2, 0.25) is 5.91 Å². The van der Waals surface area contributed by atoms with Crippen LogP contribution in [0.25, 0.3) is 0 Å². The van der Waals surface area contributed by atoms with Crippen LogP contribution in [0.5, 0.6) is 0 Å². The molecule has 4 nitrogen and oxygen atoms in total. The molecule has 20 heavy (non-hydrogen) atoms. The van der Waals surface area contributed by atoms with Crippen molar-refractivity contribution in [3.63, 3.8) is 0 Å². The number of nitrogens with one attached hydrogen (secondary N) is 1. The van der Waals surface area contributed by atoms with Gasteiger partial charge >= 0.3 is 0 Å². The minimum absolute atomic E-state index is 0.0582. The predicted molar refractivity (Wildman–Crippen MR) is 79.7 cm³/mol. The highest BCUT2D eigenvalue weighted by molar-refractivity contribution is 7.91. The van der Waals surface area contributed by atoms with E-state index in [-0.39, 0.29) is 17.4 Å². The first-order valence-electron chi connectivity index (χ1n) is 6.55. The molecule has 1 aliphatic rings. The average molecular weight is 316 g/mol. The third kappa shape index (κ3) is 4.21. The summed E-state index contributed by atoms with van der Waals surface area (Å²) in [6, 6.07) is 7.51. The van der Waals surface area contributed by atoms with Gasteiger partial charge in [-0.2, -0.15) is 0 Å². The predicted octanol–water partition coefficient (Wildman–Crippen LogP) is 1.45. The average Bonchev–Trinajstić information content (AvgIpc) is 2.60. The molecule has 0 aromatic heterocycles. The normalized spacial score (nSPS) is 24.5. The largest absolute Gasteiger partial charge is 0.351 e. The van der Waals surface area contributed by atoms with Crippen LogP contribution < -0.4 is 5.32 Å². The molecule has 1 heterocycles. The van der Waals surface area contributed by atoms with Gasteiger partial charge in [0.1, 0.15) is 0 Å². The van der Waals surface area contributed by atoms with E-state index in [2.05, 4.69) is 5.32 Å². The van der Waals surface area contributed by atoms with Crippen LogP contribution in [0, 0.1) is 6.92 Å². The van der Waals surface area contributed by atoms with Gasteiger partial charge in [0, 0.05) is 6.42 Å². The van der Waals surface area contributed by atoms with Gasteiger partial charge in [-0.25, -0.2) is 8.42 Å². The SMILES string of the molecule is Cc1cccc(CCC(=O)NC2CS(=O)(=O)CC2Cl)c1. The zero-order chi connectivity index (χ0) is 14.8. The van der Waals surface area contributed by atoms with Crippen LogP contribution in [0.3, 0.4) is 0 Å². The lowest BCUT2D eigenvalue weighted by Crippen LogP contribution is -2.40. The van der Waals surface area contributed by atoms with Crippen molar-refractivity contribution in [3.8, 4) is 0 Å². The molecule has 1 amide bonds. The first-order chi connectivity index (χ1) is 9.35. The van der Waals surface area contributed by atoms with E-state index in [1.807, 2.05) is 31.2 Å². The third-order valence-corrected chi connectivity index (χ3v) is 5.73.